The average molecular weight is 298 g/mol. The van der Waals surface area contributed by atoms with Crippen molar-refractivity contribution in [3.05, 3.63) is 25.3 Å². The molecule has 0 amide bonds. The molecule has 6 fully saturated rings. The van der Waals surface area contributed by atoms with Gasteiger partial charge in [-0.05, 0) is 84.9 Å². The van der Waals surface area contributed by atoms with Crippen molar-refractivity contribution in [1.82, 2.24) is 0 Å². The summed E-state index contributed by atoms with van der Waals surface area (Å²) in [6, 6.07) is 0. The number of hydrogen-bond donors (Lipinski definition) is 2. The Bertz CT molecular complexity index is 549. The van der Waals surface area contributed by atoms with Gasteiger partial charge in [-0.1, -0.05) is 12.2 Å². The van der Waals surface area contributed by atoms with Crippen molar-refractivity contribution in [2.45, 2.75) is 36.9 Å². The van der Waals surface area contributed by atoms with Gasteiger partial charge in [-0.25, -0.2) is 0 Å². The lowest BCUT2D eigenvalue weighted by Gasteiger charge is -2.33. The van der Waals surface area contributed by atoms with E-state index in [2.05, 4.69) is 13.2 Å². The molecule has 0 aromatic rings. The first-order valence-corrected chi connectivity index (χ1v) is 9.26. The molecule has 6 rings (SSSR count). The molecule has 0 bridgehead atoms. The molecule has 0 spiro atoms. The Hall–Kier alpha value is -0.600. The normalized spacial score (nSPS) is 72.1. The van der Waals surface area contributed by atoms with E-state index in [0.29, 0.717) is 35.5 Å². The van der Waals surface area contributed by atoms with Crippen LogP contribution in [0.3, 0.4) is 0 Å². The standard InChI is InChI=1S/C20H26O2/c1-3-19(21)7-11-12-8-20(22,4-2)18-10-6-5-9-13(10)16(15(12)18)14(11)17(9)19/h3-4,9-18,21-22H,1-2,5-8H2/t9-,10-,11-,12+,13?,14-,15+,16?,17-,18-,19+,20-/m1/s1. The lowest BCUT2D eigenvalue weighted by atomic mass is 9.76. The highest BCUT2D eigenvalue weighted by Crippen LogP contribution is 2.82. The molecule has 2 N–H and O–H groups in total. The highest BCUT2D eigenvalue weighted by Gasteiger charge is 2.80. The Morgan fingerprint density at radius 3 is 1.55 bits per heavy atom. The molecule has 2 unspecified atom stereocenters. The first kappa shape index (κ1) is 12.8. The predicted molar refractivity (Wildman–Crippen MR) is 83.7 cm³/mol. The van der Waals surface area contributed by atoms with E-state index in [1.54, 1.807) is 0 Å². The summed E-state index contributed by atoms with van der Waals surface area (Å²) in [4.78, 5) is 0. The smallest absolute Gasteiger partial charge is 0.0861 e. The van der Waals surface area contributed by atoms with E-state index in [1.165, 1.54) is 12.8 Å². The molecule has 6 saturated carbocycles. The largest absolute Gasteiger partial charge is 0.385 e. The zero-order valence-electron chi connectivity index (χ0n) is 13.1. The fraction of sp³-hybridized carbons (Fsp3) is 0.800. The van der Waals surface area contributed by atoms with Crippen molar-refractivity contribution in [2.24, 2.45) is 59.2 Å². The third-order valence-corrected chi connectivity index (χ3v) is 9.43. The highest BCUT2D eigenvalue weighted by atomic mass is 16.3. The molecule has 0 heterocycles. The van der Waals surface area contributed by atoms with Crippen LogP contribution in [0, 0.1) is 59.2 Å². The van der Waals surface area contributed by atoms with Crippen LogP contribution < -0.4 is 0 Å². The first-order chi connectivity index (χ1) is 10.5. The number of aliphatic hydroxyl groups is 2. The molecule has 118 valence electrons. The molecule has 0 saturated heterocycles. The van der Waals surface area contributed by atoms with Gasteiger partial charge in [-0.2, -0.15) is 0 Å². The maximum absolute atomic E-state index is 11.3. The first-order valence-electron chi connectivity index (χ1n) is 9.26. The van der Waals surface area contributed by atoms with Gasteiger partial charge in [-0.3, -0.25) is 0 Å². The number of fused-ring (bicyclic) bond motifs is 3. The summed E-state index contributed by atoms with van der Waals surface area (Å²) in [6.07, 6.45) is 8.06. The molecule has 0 aromatic heterocycles. The molecule has 12 atom stereocenters. The van der Waals surface area contributed by atoms with Gasteiger partial charge in [0.25, 0.3) is 0 Å². The third kappa shape index (κ3) is 1.02. The SMILES string of the molecule is C=C[C@@]1(O)C[C@H]2[C@H]3C[C@@](O)(C=C)[C@H]4[C@H]3C3C5[C@@H](CC[C@H]54)[C@@H]1[C@H]32. The second kappa shape index (κ2) is 3.42. The van der Waals surface area contributed by atoms with Crippen molar-refractivity contribution in [3.8, 4) is 0 Å². The van der Waals surface area contributed by atoms with Crippen LogP contribution in [0.5, 0.6) is 0 Å². The maximum atomic E-state index is 11.3. The van der Waals surface area contributed by atoms with Crippen LogP contribution in [0.15, 0.2) is 25.3 Å². The molecule has 0 radical (unpaired) electrons. The van der Waals surface area contributed by atoms with Crippen LogP contribution in [0.1, 0.15) is 25.7 Å². The third-order valence-electron chi connectivity index (χ3n) is 9.43. The summed E-state index contributed by atoms with van der Waals surface area (Å²) in [5.41, 5.74) is -1.26. The van der Waals surface area contributed by atoms with Crippen LogP contribution in [0.25, 0.3) is 0 Å². The van der Waals surface area contributed by atoms with Crippen LogP contribution in [-0.2, 0) is 0 Å². The molecule has 0 aliphatic heterocycles. The van der Waals surface area contributed by atoms with Crippen LogP contribution in [0.4, 0.5) is 0 Å². The minimum absolute atomic E-state index is 0.471. The maximum Gasteiger partial charge on any atom is 0.0861 e. The minimum atomic E-state index is -0.630. The van der Waals surface area contributed by atoms with Gasteiger partial charge in [0.15, 0.2) is 0 Å². The van der Waals surface area contributed by atoms with E-state index in [-0.39, 0.29) is 0 Å². The zero-order chi connectivity index (χ0) is 15.0. The summed E-state index contributed by atoms with van der Waals surface area (Å²) in [7, 11) is 0. The van der Waals surface area contributed by atoms with Gasteiger partial charge in [0, 0.05) is 0 Å². The van der Waals surface area contributed by atoms with Gasteiger partial charge in [0.1, 0.15) is 0 Å². The predicted octanol–water partition coefficient (Wildman–Crippen LogP) is 2.62. The summed E-state index contributed by atoms with van der Waals surface area (Å²) >= 11 is 0. The second-order valence-corrected chi connectivity index (χ2v) is 9.39. The molecule has 6 aliphatic rings. The van der Waals surface area contributed by atoms with E-state index >= 15 is 0 Å². The highest BCUT2D eigenvalue weighted by molar-refractivity contribution is 5.32. The fourth-order valence-corrected chi connectivity index (χ4v) is 9.44. The summed E-state index contributed by atoms with van der Waals surface area (Å²) in [5, 5.41) is 22.5. The Balaban J connectivity index is 1.57. The van der Waals surface area contributed by atoms with Crippen LogP contribution >= 0.6 is 0 Å². The Kier molecular flexibility index (Phi) is 1.98. The van der Waals surface area contributed by atoms with Crippen molar-refractivity contribution in [3.63, 3.8) is 0 Å². The summed E-state index contributed by atoms with van der Waals surface area (Å²) in [6.45, 7) is 7.99. The Morgan fingerprint density at radius 2 is 1.14 bits per heavy atom. The number of rotatable bonds is 2. The van der Waals surface area contributed by atoms with Gasteiger partial charge in [0.2, 0.25) is 0 Å². The van der Waals surface area contributed by atoms with Crippen molar-refractivity contribution >= 4 is 0 Å². The van der Waals surface area contributed by atoms with Crippen molar-refractivity contribution < 1.29 is 10.2 Å². The fourth-order valence-electron chi connectivity index (χ4n) is 9.44. The van der Waals surface area contributed by atoms with E-state index in [4.69, 9.17) is 0 Å². The van der Waals surface area contributed by atoms with Crippen LogP contribution in [-0.4, -0.2) is 21.4 Å². The summed E-state index contributed by atoms with van der Waals surface area (Å²) < 4.78 is 0. The monoisotopic (exact) mass is 298 g/mol. The Morgan fingerprint density at radius 1 is 0.682 bits per heavy atom. The van der Waals surface area contributed by atoms with Gasteiger partial charge >= 0.3 is 0 Å². The lowest BCUT2D eigenvalue weighted by Crippen LogP contribution is -2.38. The molecule has 2 heteroatoms. The van der Waals surface area contributed by atoms with Crippen LogP contribution in [0.2, 0.25) is 0 Å². The van der Waals surface area contributed by atoms with E-state index in [9.17, 15) is 10.2 Å². The van der Waals surface area contributed by atoms with E-state index in [1.807, 2.05) is 12.2 Å². The van der Waals surface area contributed by atoms with Gasteiger partial charge in [0.05, 0.1) is 11.2 Å². The number of hydrogen-bond acceptors (Lipinski definition) is 2. The Labute approximate surface area is 132 Å². The average Bonchev–Trinajstić information content (AvgIpc) is 3.23. The molecule has 0 aromatic carbocycles. The molecular formula is C20H26O2. The zero-order valence-corrected chi connectivity index (χ0v) is 13.1. The van der Waals surface area contributed by atoms with Gasteiger partial charge < -0.3 is 10.2 Å². The van der Waals surface area contributed by atoms with Crippen molar-refractivity contribution in [2.75, 3.05) is 0 Å². The molecule has 2 nitrogen and oxygen atoms in total. The van der Waals surface area contributed by atoms with E-state index < -0.39 is 11.2 Å². The van der Waals surface area contributed by atoms with E-state index in [0.717, 1.165) is 36.5 Å². The lowest BCUT2D eigenvalue weighted by molar-refractivity contribution is 0.00621. The summed E-state index contributed by atoms with van der Waals surface area (Å²) in [5.74, 6) is 6.54. The molecule has 22 heavy (non-hydrogen) atoms. The topological polar surface area (TPSA) is 40.5 Å². The molecule has 6 aliphatic carbocycles. The molecular weight excluding hydrogens is 272 g/mol. The van der Waals surface area contributed by atoms with Gasteiger partial charge in [-0.15, -0.1) is 13.2 Å². The quantitative estimate of drug-likeness (QED) is 0.769. The van der Waals surface area contributed by atoms with Crippen molar-refractivity contribution in [1.29, 1.82) is 0 Å². The second-order valence-electron chi connectivity index (χ2n) is 9.39. The minimum Gasteiger partial charge on any atom is -0.385 e.